The number of carbonyl (C=O) groups is 2. The van der Waals surface area contributed by atoms with Crippen molar-refractivity contribution in [2.45, 2.75) is 37.5 Å². The van der Waals surface area contributed by atoms with Crippen molar-refractivity contribution in [1.82, 2.24) is 5.32 Å². The van der Waals surface area contributed by atoms with Gasteiger partial charge in [0.25, 0.3) is 5.91 Å². The molecule has 0 unspecified atom stereocenters. The van der Waals surface area contributed by atoms with E-state index in [9.17, 15) is 14.7 Å². The van der Waals surface area contributed by atoms with Gasteiger partial charge in [0.05, 0.1) is 25.2 Å². The summed E-state index contributed by atoms with van der Waals surface area (Å²) in [6.45, 7) is -0.223. The molecule has 4 rings (SSSR count). The van der Waals surface area contributed by atoms with Crippen LogP contribution in [0.3, 0.4) is 0 Å². The van der Waals surface area contributed by atoms with E-state index in [2.05, 4.69) is 10.6 Å². The first-order valence-corrected chi connectivity index (χ1v) is 11.2. The van der Waals surface area contributed by atoms with E-state index in [0.717, 1.165) is 16.8 Å². The lowest BCUT2D eigenvalue weighted by Crippen LogP contribution is -2.51. The molecule has 1 aliphatic rings. The van der Waals surface area contributed by atoms with Gasteiger partial charge >= 0.3 is 0 Å². The molecule has 3 N–H and O–H groups in total. The maximum atomic E-state index is 12.6. The number of anilines is 1. The van der Waals surface area contributed by atoms with Crippen molar-refractivity contribution in [3.8, 4) is 11.1 Å². The normalized spacial score (nSPS) is 20.1. The molecule has 1 saturated heterocycles. The molecule has 2 amide bonds. The summed E-state index contributed by atoms with van der Waals surface area (Å²) >= 11 is 0. The Morgan fingerprint density at radius 1 is 0.848 bits per heavy atom. The van der Waals surface area contributed by atoms with Crippen LogP contribution >= 0.6 is 0 Å². The summed E-state index contributed by atoms with van der Waals surface area (Å²) in [6, 6.07) is 26.4. The highest BCUT2D eigenvalue weighted by atomic mass is 16.5. The third-order valence-corrected chi connectivity index (χ3v) is 5.84. The van der Waals surface area contributed by atoms with Crippen molar-refractivity contribution in [3.05, 3.63) is 90.5 Å². The van der Waals surface area contributed by atoms with Crippen LogP contribution in [-0.4, -0.2) is 41.8 Å². The summed E-state index contributed by atoms with van der Waals surface area (Å²) in [6.07, 6.45) is 0.588. The molecule has 33 heavy (non-hydrogen) atoms. The lowest BCUT2D eigenvalue weighted by molar-refractivity contribution is -0.126. The van der Waals surface area contributed by atoms with Crippen LogP contribution in [-0.2, 0) is 9.53 Å². The Morgan fingerprint density at radius 2 is 1.48 bits per heavy atom. The number of aliphatic hydroxyl groups excluding tert-OH is 1. The minimum atomic E-state index is -0.547. The standard InChI is InChI=1S/C27H28N2O4/c30-18-25-24(29-27(32)21-9-5-2-6-10-21)16-15-23(33-25)17-26(31)28-22-13-11-20(12-14-22)19-7-3-1-4-8-19/h1-14,23-25,30H,15-18H2,(H,28,31)(H,29,32)/t23-,24+,25-/m1/s1. The van der Waals surface area contributed by atoms with E-state index < -0.39 is 6.10 Å². The highest BCUT2D eigenvalue weighted by Gasteiger charge is 2.33. The van der Waals surface area contributed by atoms with Crippen LogP contribution in [0, 0.1) is 0 Å². The largest absolute Gasteiger partial charge is 0.394 e. The molecule has 1 aliphatic heterocycles. The Balaban J connectivity index is 1.28. The fourth-order valence-electron chi connectivity index (χ4n) is 4.08. The zero-order chi connectivity index (χ0) is 23.0. The zero-order valence-corrected chi connectivity index (χ0v) is 18.3. The van der Waals surface area contributed by atoms with Gasteiger partial charge in [0.15, 0.2) is 0 Å². The van der Waals surface area contributed by atoms with Gasteiger partial charge < -0.3 is 20.5 Å². The number of ether oxygens (including phenoxy) is 1. The van der Waals surface area contributed by atoms with Gasteiger partial charge in [-0.3, -0.25) is 9.59 Å². The molecule has 1 fully saturated rings. The topological polar surface area (TPSA) is 87.7 Å². The molecular formula is C27H28N2O4. The maximum Gasteiger partial charge on any atom is 0.251 e. The number of rotatable bonds is 7. The molecule has 0 bridgehead atoms. The van der Waals surface area contributed by atoms with Crippen molar-refractivity contribution >= 4 is 17.5 Å². The number of hydrogen-bond acceptors (Lipinski definition) is 4. The Hall–Kier alpha value is -3.48. The lowest BCUT2D eigenvalue weighted by atomic mass is 9.96. The first-order chi connectivity index (χ1) is 16.1. The number of carbonyl (C=O) groups excluding carboxylic acids is 2. The molecule has 170 valence electrons. The van der Waals surface area contributed by atoms with E-state index in [-0.39, 0.29) is 37.0 Å². The molecule has 3 atom stereocenters. The van der Waals surface area contributed by atoms with E-state index in [4.69, 9.17) is 4.74 Å². The van der Waals surface area contributed by atoms with E-state index in [1.54, 1.807) is 24.3 Å². The lowest BCUT2D eigenvalue weighted by Gasteiger charge is -2.36. The van der Waals surface area contributed by atoms with Crippen molar-refractivity contribution in [2.75, 3.05) is 11.9 Å². The highest BCUT2D eigenvalue weighted by molar-refractivity contribution is 5.94. The van der Waals surface area contributed by atoms with Crippen molar-refractivity contribution in [3.63, 3.8) is 0 Å². The van der Waals surface area contributed by atoms with Gasteiger partial charge in [0.2, 0.25) is 5.91 Å². The molecule has 0 aromatic heterocycles. The average molecular weight is 445 g/mol. The maximum absolute atomic E-state index is 12.6. The molecule has 0 spiro atoms. The van der Waals surface area contributed by atoms with Gasteiger partial charge in [-0.25, -0.2) is 0 Å². The Kier molecular flexibility index (Phi) is 7.50. The predicted molar refractivity (Wildman–Crippen MR) is 128 cm³/mol. The quantitative estimate of drug-likeness (QED) is 0.514. The highest BCUT2D eigenvalue weighted by Crippen LogP contribution is 2.24. The molecule has 1 heterocycles. The van der Waals surface area contributed by atoms with Gasteiger partial charge in [-0.1, -0.05) is 60.7 Å². The molecule has 0 aliphatic carbocycles. The second kappa shape index (κ2) is 10.9. The molecule has 0 radical (unpaired) electrons. The van der Waals surface area contributed by atoms with Crippen LogP contribution in [0.4, 0.5) is 5.69 Å². The number of amides is 2. The van der Waals surface area contributed by atoms with Gasteiger partial charge in [-0.2, -0.15) is 0 Å². The van der Waals surface area contributed by atoms with Gasteiger partial charge in [0, 0.05) is 11.3 Å². The first kappa shape index (κ1) is 22.7. The predicted octanol–water partition coefficient (Wildman–Crippen LogP) is 4.02. The first-order valence-electron chi connectivity index (χ1n) is 11.2. The monoisotopic (exact) mass is 444 g/mol. The zero-order valence-electron chi connectivity index (χ0n) is 18.3. The Bertz CT molecular complexity index is 1050. The van der Waals surface area contributed by atoms with E-state index >= 15 is 0 Å². The minimum Gasteiger partial charge on any atom is -0.394 e. The minimum absolute atomic E-state index is 0.143. The van der Waals surface area contributed by atoms with E-state index in [1.165, 1.54) is 0 Å². The third kappa shape index (κ3) is 6.06. The van der Waals surface area contributed by atoms with Crippen LogP contribution in [0.2, 0.25) is 0 Å². The van der Waals surface area contributed by atoms with E-state index in [1.807, 2.05) is 60.7 Å². The number of nitrogens with one attached hydrogen (secondary N) is 2. The van der Waals surface area contributed by atoms with Crippen LogP contribution < -0.4 is 10.6 Å². The second-order valence-electron chi connectivity index (χ2n) is 8.20. The number of hydrogen-bond donors (Lipinski definition) is 3. The summed E-state index contributed by atoms with van der Waals surface area (Å²) in [4.78, 5) is 25.0. The van der Waals surface area contributed by atoms with Crippen molar-refractivity contribution < 1.29 is 19.4 Å². The summed E-state index contributed by atoms with van der Waals surface area (Å²) in [5.41, 5.74) is 3.49. The van der Waals surface area contributed by atoms with Crippen LogP contribution in [0.1, 0.15) is 29.6 Å². The fraction of sp³-hybridized carbons (Fsp3) is 0.259. The summed E-state index contributed by atoms with van der Waals surface area (Å²) in [5, 5.41) is 15.6. The van der Waals surface area contributed by atoms with Crippen LogP contribution in [0.5, 0.6) is 0 Å². The fourth-order valence-corrected chi connectivity index (χ4v) is 4.08. The van der Waals surface area contributed by atoms with E-state index in [0.29, 0.717) is 18.4 Å². The molecule has 6 nitrogen and oxygen atoms in total. The number of aliphatic hydroxyl groups is 1. The van der Waals surface area contributed by atoms with Crippen molar-refractivity contribution in [1.29, 1.82) is 0 Å². The Morgan fingerprint density at radius 3 is 2.15 bits per heavy atom. The summed E-state index contributed by atoms with van der Waals surface area (Å²) in [7, 11) is 0. The summed E-state index contributed by atoms with van der Waals surface area (Å²) < 4.78 is 5.94. The molecule has 3 aromatic rings. The molecular weight excluding hydrogens is 416 g/mol. The molecule has 0 saturated carbocycles. The SMILES string of the molecule is O=C(C[C@H]1CC[C@H](NC(=O)c2ccccc2)[C@@H](CO)O1)Nc1ccc(-c2ccccc2)cc1. The smallest absolute Gasteiger partial charge is 0.251 e. The van der Waals surface area contributed by atoms with Crippen LogP contribution in [0.25, 0.3) is 11.1 Å². The van der Waals surface area contributed by atoms with Gasteiger partial charge in [-0.15, -0.1) is 0 Å². The number of benzene rings is 3. The Labute approximate surface area is 193 Å². The van der Waals surface area contributed by atoms with Gasteiger partial charge in [-0.05, 0) is 48.2 Å². The van der Waals surface area contributed by atoms with Gasteiger partial charge in [0.1, 0.15) is 6.10 Å². The molecule has 3 aromatic carbocycles. The molecule has 6 heteroatoms. The third-order valence-electron chi connectivity index (χ3n) is 5.84. The second-order valence-corrected chi connectivity index (χ2v) is 8.20. The van der Waals surface area contributed by atoms with Crippen LogP contribution in [0.15, 0.2) is 84.9 Å². The van der Waals surface area contributed by atoms with Crippen molar-refractivity contribution in [2.24, 2.45) is 0 Å². The summed E-state index contributed by atoms with van der Waals surface area (Å²) in [5.74, 6) is -0.339. The average Bonchev–Trinajstić information content (AvgIpc) is 2.86.